The fraction of sp³-hybridized carbons (Fsp3) is 0.286. The smallest absolute Gasteiger partial charge is 0.244 e. The van der Waals surface area contributed by atoms with E-state index in [9.17, 15) is 18.0 Å². The molecule has 0 radical (unpaired) electrons. The van der Waals surface area contributed by atoms with Crippen molar-refractivity contribution >= 4 is 62.3 Å². The van der Waals surface area contributed by atoms with Gasteiger partial charge in [0.2, 0.25) is 21.8 Å². The lowest BCUT2D eigenvalue weighted by Gasteiger charge is -2.34. The standard InChI is InChI=1S/C28H30Cl3N3O4S/c1-19(2)32-28(36)26(16-20-7-5-4-6-8-20)33(17-21-9-14-24(30)25(31)15-21)27(35)18-34(39(3,37)38)23-12-10-22(29)11-13-23/h4-15,19,26H,16-18H2,1-3H3,(H,32,36)/t26-/m0/s1. The molecule has 3 rings (SSSR count). The van der Waals surface area contributed by atoms with Gasteiger partial charge < -0.3 is 10.2 Å². The van der Waals surface area contributed by atoms with Crippen LogP contribution in [0.3, 0.4) is 0 Å². The second-order valence-electron chi connectivity index (χ2n) is 9.38. The van der Waals surface area contributed by atoms with Crippen molar-refractivity contribution in [2.24, 2.45) is 0 Å². The van der Waals surface area contributed by atoms with Gasteiger partial charge in [-0.15, -0.1) is 0 Å². The molecule has 0 bridgehead atoms. The van der Waals surface area contributed by atoms with E-state index in [0.717, 1.165) is 16.1 Å². The van der Waals surface area contributed by atoms with E-state index in [4.69, 9.17) is 34.8 Å². The number of carbonyl (C=O) groups excluding carboxylic acids is 2. The highest BCUT2D eigenvalue weighted by molar-refractivity contribution is 7.92. The van der Waals surface area contributed by atoms with Crippen LogP contribution in [-0.2, 0) is 32.6 Å². The monoisotopic (exact) mass is 609 g/mol. The third-order valence-electron chi connectivity index (χ3n) is 5.83. The molecule has 0 aliphatic carbocycles. The molecule has 0 fully saturated rings. The third-order valence-corrected chi connectivity index (χ3v) is 7.96. The SMILES string of the molecule is CC(C)NC(=O)[C@H](Cc1ccccc1)N(Cc1ccc(Cl)c(Cl)c1)C(=O)CN(c1ccc(Cl)cc1)S(C)(=O)=O. The summed E-state index contributed by atoms with van der Waals surface area (Å²) in [5.74, 6) is -0.930. The van der Waals surface area contributed by atoms with Crippen LogP contribution in [0.5, 0.6) is 0 Å². The molecule has 1 N–H and O–H groups in total. The topological polar surface area (TPSA) is 86.8 Å². The van der Waals surface area contributed by atoms with Crippen molar-refractivity contribution < 1.29 is 18.0 Å². The third kappa shape index (κ3) is 8.86. The Morgan fingerprint density at radius 1 is 0.872 bits per heavy atom. The first kappa shape index (κ1) is 30.8. The van der Waals surface area contributed by atoms with Crippen molar-refractivity contribution in [3.63, 3.8) is 0 Å². The molecule has 208 valence electrons. The number of nitrogens with one attached hydrogen (secondary N) is 1. The molecule has 0 aromatic heterocycles. The maximum absolute atomic E-state index is 14.0. The van der Waals surface area contributed by atoms with Gasteiger partial charge in [-0.05, 0) is 61.4 Å². The first-order chi connectivity index (χ1) is 18.3. The van der Waals surface area contributed by atoms with Crippen molar-refractivity contribution in [3.8, 4) is 0 Å². The summed E-state index contributed by atoms with van der Waals surface area (Å²) in [6.45, 7) is 3.13. The van der Waals surface area contributed by atoms with E-state index in [1.165, 1.54) is 17.0 Å². The fourth-order valence-corrected chi connectivity index (χ4v) is 5.29. The fourth-order valence-electron chi connectivity index (χ4n) is 3.99. The number of carbonyl (C=O) groups is 2. The molecule has 1 atom stereocenters. The zero-order valence-electron chi connectivity index (χ0n) is 21.8. The zero-order valence-corrected chi connectivity index (χ0v) is 24.9. The van der Waals surface area contributed by atoms with Gasteiger partial charge in [0.1, 0.15) is 12.6 Å². The molecule has 7 nitrogen and oxygen atoms in total. The Bertz CT molecular complexity index is 1400. The number of halogens is 3. The molecule has 3 aromatic rings. The van der Waals surface area contributed by atoms with Gasteiger partial charge in [0.05, 0.1) is 22.0 Å². The number of amides is 2. The Morgan fingerprint density at radius 3 is 2.08 bits per heavy atom. The maximum atomic E-state index is 14.0. The van der Waals surface area contributed by atoms with Gasteiger partial charge in [-0.3, -0.25) is 13.9 Å². The first-order valence-electron chi connectivity index (χ1n) is 12.2. The van der Waals surface area contributed by atoms with E-state index in [-0.39, 0.29) is 30.6 Å². The number of benzene rings is 3. The largest absolute Gasteiger partial charge is 0.352 e. The van der Waals surface area contributed by atoms with E-state index in [2.05, 4.69) is 5.32 Å². The van der Waals surface area contributed by atoms with Crippen molar-refractivity contribution in [2.45, 2.75) is 38.9 Å². The molecule has 0 saturated carbocycles. The van der Waals surface area contributed by atoms with Crippen molar-refractivity contribution in [1.29, 1.82) is 0 Å². The molecule has 0 unspecified atom stereocenters. The highest BCUT2D eigenvalue weighted by Gasteiger charge is 2.33. The predicted octanol–water partition coefficient (Wildman–Crippen LogP) is 5.58. The number of rotatable bonds is 11. The average Bonchev–Trinajstić information content (AvgIpc) is 2.87. The highest BCUT2D eigenvalue weighted by Crippen LogP contribution is 2.25. The van der Waals surface area contributed by atoms with E-state index in [1.54, 1.807) is 30.3 Å². The average molecular weight is 611 g/mol. The lowest BCUT2D eigenvalue weighted by molar-refractivity contribution is -0.140. The second kappa shape index (κ2) is 13.5. The predicted molar refractivity (Wildman–Crippen MR) is 158 cm³/mol. The lowest BCUT2D eigenvalue weighted by atomic mass is 10.0. The van der Waals surface area contributed by atoms with Crippen LogP contribution >= 0.6 is 34.8 Å². The quantitative estimate of drug-likeness (QED) is 0.307. The summed E-state index contributed by atoms with van der Waals surface area (Å²) in [5, 5.41) is 3.97. The summed E-state index contributed by atoms with van der Waals surface area (Å²) < 4.78 is 26.5. The van der Waals surface area contributed by atoms with Crippen molar-refractivity contribution in [2.75, 3.05) is 17.1 Å². The van der Waals surface area contributed by atoms with Gasteiger partial charge in [0, 0.05) is 24.0 Å². The molecular formula is C28H30Cl3N3O4S. The molecule has 0 heterocycles. The highest BCUT2D eigenvalue weighted by atomic mass is 35.5. The summed E-state index contributed by atoms with van der Waals surface area (Å²) in [5.41, 5.74) is 1.74. The van der Waals surface area contributed by atoms with Crippen LogP contribution in [0.2, 0.25) is 15.1 Å². The molecule has 11 heteroatoms. The Kier molecular flexibility index (Phi) is 10.7. The van der Waals surface area contributed by atoms with Crippen LogP contribution in [0.1, 0.15) is 25.0 Å². The second-order valence-corrected chi connectivity index (χ2v) is 12.5. The van der Waals surface area contributed by atoms with E-state index in [0.29, 0.717) is 20.6 Å². The van der Waals surface area contributed by atoms with Gasteiger partial charge in [-0.1, -0.05) is 71.2 Å². The molecule has 0 saturated heterocycles. The lowest BCUT2D eigenvalue weighted by Crippen LogP contribution is -2.54. The Balaban J connectivity index is 2.06. The normalized spacial score (nSPS) is 12.2. The number of anilines is 1. The first-order valence-corrected chi connectivity index (χ1v) is 15.1. The molecular weight excluding hydrogens is 581 g/mol. The van der Waals surface area contributed by atoms with Crippen LogP contribution in [0, 0.1) is 0 Å². The summed E-state index contributed by atoms with van der Waals surface area (Å²) in [4.78, 5) is 28.9. The minimum absolute atomic E-state index is 0.00302. The van der Waals surface area contributed by atoms with Crippen molar-refractivity contribution in [3.05, 3.63) is 99.0 Å². The maximum Gasteiger partial charge on any atom is 0.244 e. The number of hydrogen-bond donors (Lipinski definition) is 1. The molecule has 0 spiro atoms. The van der Waals surface area contributed by atoms with Crippen LogP contribution < -0.4 is 9.62 Å². The summed E-state index contributed by atoms with van der Waals surface area (Å²) in [6, 6.07) is 19.3. The van der Waals surface area contributed by atoms with Crippen LogP contribution in [0.25, 0.3) is 0 Å². The van der Waals surface area contributed by atoms with Gasteiger partial charge in [0.15, 0.2) is 0 Å². The van der Waals surface area contributed by atoms with Gasteiger partial charge in [-0.2, -0.15) is 0 Å². The van der Waals surface area contributed by atoms with Gasteiger partial charge in [-0.25, -0.2) is 8.42 Å². The summed E-state index contributed by atoms with van der Waals surface area (Å²) in [7, 11) is -3.86. The molecule has 39 heavy (non-hydrogen) atoms. The minimum atomic E-state index is -3.86. The van der Waals surface area contributed by atoms with Crippen LogP contribution in [0.4, 0.5) is 5.69 Å². The number of hydrogen-bond acceptors (Lipinski definition) is 4. The Labute approximate surface area is 244 Å². The van der Waals surface area contributed by atoms with Crippen LogP contribution in [0.15, 0.2) is 72.8 Å². The molecule has 2 amide bonds. The van der Waals surface area contributed by atoms with Gasteiger partial charge in [0.25, 0.3) is 0 Å². The van der Waals surface area contributed by atoms with E-state index >= 15 is 0 Å². The zero-order chi connectivity index (χ0) is 28.7. The summed E-state index contributed by atoms with van der Waals surface area (Å²) in [6.07, 6.45) is 1.23. The molecule has 3 aromatic carbocycles. The Hall–Kier alpha value is -2.78. The summed E-state index contributed by atoms with van der Waals surface area (Å²) >= 11 is 18.3. The number of nitrogens with zero attached hydrogens (tertiary/aromatic N) is 2. The molecule has 0 aliphatic rings. The van der Waals surface area contributed by atoms with Crippen molar-refractivity contribution in [1.82, 2.24) is 10.2 Å². The molecule has 0 aliphatic heterocycles. The van der Waals surface area contributed by atoms with E-state index in [1.807, 2.05) is 44.2 Å². The number of sulfonamides is 1. The van der Waals surface area contributed by atoms with Gasteiger partial charge >= 0.3 is 0 Å². The minimum Gasteiger partial charge on any atom is -0.352 e. The van der Waals surface area contributed by atoms with Crippen LogP contribution in [-0.4, -0.2) is 50.0 Å². The Morgan fingerprint density at radius 2 is 1.51 bits per heavy atom. The van der Waals surface area contributed by atoms with E-state index < -0.39 is 28.5 Å².